The van der Waals surface area contributed by atoms with Crippen LogP contribution in [0.4, 0.5) is 0 Å². The van der Waals surface area contributed by atoms with Crippen molar-refractivity contribution in [1.29, 1.82) is 0 Å². The lowest BCUT2D eigenvalue weighted by atomic mass is 9.84. The second-order valence-electron chi connectivity index (χ2n) is 5.00. The van der Waals surface area contributed by atoms with Gasteiger partial charge in [-0.25, -0.2) is 0 Å². The Bertz CT molecular complexity index is 218. The third kappa shape index (κ3) is 4.49. The molecule has 0 aliphatic heterocycles. The molecule has 1 amide bonds. The molecule has 0 aromatic heterocycles. The summed E-state index contributed by atoms with van der Waals surface area (Å²) in [5.74, 6) is 0.207. The Hall–Kier alpha value is -0.610. The van der Waals surface area contributed by atoms with E-state index in [0.29, 0.717) is 0 Å². The number of carbonyl (C=O) groups excluding carboxylic acids is 1. The van der Waals surface area contributed by atoms with Gasteiger partial charge in [-0.1, -0.05) is 12.8 Å². The average Bonchev–Trinajstić information content (AvgIpc) is 2.24. The average molecular weight is 227 g/mol. The summed E-state index contributed by atoms with van der Waals surface area (Å²) in [4.78, 5) is 14.0. The van der Waals surface area contributed by atoms with E-state index < -0.39 is 0 Å². The van der Waals surface area contributed by atoms with Crippen molar-refractivity contribution in [2.24, 2.45) is 11.7 Å². The molecule has 0 radical (unpaired) electrons. The Balaban J connectivity index is 2.18. The topological polar surface area (TPSA) is 58.4 Å². The summed E-state index contributed by atoms with van der Waals surface area (Å²) in [5, 5.41) is 2.99. The fraction of sp³-hybridized carbons (Fsp3) is 0.917. The highest BCUT2D eigenvalue weighted by molar-refractivity contribution is 5.79. The number of nitrogens with one attached hydrogen (secondary N) is 1. The van der Waals surface area contributed by atoms with Gasteiger partial charge >= 0.3 is 0 Å². The lowest BCUT2D eigenvalue weighted by Crippen LogP contribution is -2.44. The van der Waals surface area contributed by atoms with Crippen LogP contribution in [0.5, 0.6) is 0 Å². The minimum absolute atomic E-state index is 0.0492. The lowest BCUT2D eigenvalue weighted by molar-refractivity contribution is -0.126. The third-order valence-electron chi connectivity index (χ3n) is 3.24. The van der Waals surface area contributed by atoms with Gasteiger partial charge in [0.15, 0.2) is 0 Å². The fourth-order valence-electron chi connectivity index (χ4n) is 2.22. The third-order valence-corrected chi connectivity index (χ3v) is 3.24. The zero-order valence-corrected chi connectivity index (χ0v) is 10.5. The molecule has 3 N–H and O–H groups in total. The number of nitrogens with zero attached hydrogens (tertiary/aromatic N) is 1. The molecule has 0 aromatic carbocycles. The molecular formula is C12H25N3O. The van der Waals surface area contributed by atoms with Crippen LogP contribution in [0.15, 0.2) is 0 Å². The van der Waals surface area contributed by atoms with Crippen molar-refractivity contribution in [1.82, 2.24) is 10.2 Å². The first kappa shape index (κ1) is 13.5. The second-order valence-corrected chi connectivity index (χ2v) is 5.00. The summed E-state index contributed by atoms with van der Waals surface area (Å²) in [7, 11) is 4.08. The molecule has 4 heteroatoms. The Morgan fingerprint density at radius 1 is 1.38 bits per heavy atom. The highest BCUT2D eigenvalue weighted by atomic mass is 16.1. The molecule has 0 heterocycles. The summed E-state index contributed by atoms with van der Waals surface area (Å²) < 4.78 is 0. The number of carbonyl (C=O) groups is 1. The van der Waals surface area contributed by atoms with Gasteiger partial charge in [-0.2, -0.15) is 0 Å². The molecule has 16 heavy (non-hydrogen) atoms. The van der Waals surface area contributed by atoms with E-state index in [0.717, 1.165) is 38.8 Å². The van der Waals surface area contributed by atoms with E-state index >= 15 is 0 Å². The van der Waals surface area contributed by atoms with Gasteiger partial charge in [-0.15, -0.1) is 0 Å². The summed E-state index contributed by atoms with van der Waals surface area (Å²) in [6.45, 7) is 1.78. The van der Waals surface area contributed by atoms with E-state index in [1.165, 1.54) is 6.42 Å². The molecule has 1 rings (SSSR count). The molecule has 1 fully saturated rings. The van der Waals surface area contributed by atoms with E-state index in [4.69, 9.17) is 5.73 Å². The Labute approximate surface area is 98.6 Å². The van der Waals surface area contributed by atoms with E-state index in [-0.39, 0.29) is 17.9 Å². The Kier molecular flexibility index (Phi) is 5.77. The van der Waals surface area contributed by atoms with Crippen molar-refractivity contribution < 1.29 is 4.79 Å². The SMILES string of the molecule is CN(C)CCCNC(=O)C1CCCCC1N. The van der Waals surface area contributed by atoms with Crippen molar-refractivity contribution in [2.75, 3.05) is 27.2 Å². The van der Waals surface area contributed by atoms with Crippen LogP contribution in [0, 0.1) is 5.92 Å². The molecule has 4 nitrogen and oxygen atoms in total. The predicted molar refractivity (Wildman–Crippen MR) is 66.1 cm³/mol. The maximum Gasteiger partial charge on any atom is 0.224 e. The normalized spacial score (nSPS) is 25.8. The van der Waals surface area contributed by atoms with Gasteiger partial charge in [-0.05, 0) is 39.9 Å². The van der Waals surface area contributed by atoms with Crippen molar-refractivity contribution >= 4 is 5.91 Å². The summed E-state index contributed by atoms with van der Waals surface area (Å²) in [5.41, 5.74) is 5.96. The van der Waals surface area contributed by atoms with E-state index in [2.05, 4.69) is 10.2 Å². The second kappa shape index (κ2) is 6.86. The highest BCUT2D eigenvalue weighted by Crippen LogP contribution is 2.22. The highest BCUT2D eigenvalue weighted by Gasteiger charge is 2.27. The molecule has 2 atom stereocenters. The quantitative estimate of drug-likeness (QED) is 0.675. The largest absolute Gasteiger partial charge is 0.356 e. The van der Waals surface area contributed by atoms with Crippen molar-refractivity contribution in [3.63, 3.8) is 0 Å². The van der Waals surface area contributed by atoms with Crippen molar-refractivity contribution in [3.05, 3.63) is 0 Å². The van der Waals surface area contributed by atoms with E-state index in [9.17, 15) is 4.79 Å². The van der Waals surface area contributed by atoms with Gasteiger partial charge < -0.3 is 16.0 Å². The molecule has 0 saturated heterocycles. The molecule has 2 unspecified atom stereocenters. The number of hydrogen-bond acceptors (Lipinski definition) is 3. The number of amides is 1. The van der Waals surface area contributed by atoms with E-state index in [1.807, 2.05) is 14.1 Å². The van der Waals surface area contributed by atoms with Gasteiger partial charge in [0.25, 0.3) is 0 Å². The minimum Gasteiger partial charge on any atom is -0.356 e. The first-order valence-corrected chi connectivity index (χ1v) is 6.29. The van der Waals surface area contributed by atoms with Crippen LogP contribution < -0.4 is 11.1 Å². The van der Waals surface area contributed by atoms with Crippen LogP contribution in [0.3, 0.4) is 0 Å². The first-order valence-electron chi connectivity index (χ1n) is 6.29. The first-order chi connectivity index (χ1) is 7.61. The van der Waals surface area contributed by atoms with Crippen molar-refractivity contribution in [2.45, 2.75) is 38.1 Å². The zero-order chi connectivity index (χ0) is 12.0. The lowest BCUT2D eigenvalue weighted by Gasteiger charge is -2.27. The van der Waals surface area contributed by atoms with Crippen LogP contribution in [0.25, 0.3) is 0 Å². The van der Waals surface area contributed by atoms with Crippen LogP contribution in [0.1, 0.15) is 32.1 Å². The van der Waals surface area contributed by atoms with Gasteiger partial charge in [0.1, 0.15) is 0 Å². The van der Waals surface area contributed by atoms with Gasteiger partial charge in [0.05, 0.1) is 5.92 Å². The Morgan fingerprint density at radius 2 is 2.06 bits per heavy atom. The van der Waals surface area contributed by atoms with Gasteiger partial charge in [0.2, 0.25) is 5.91 Å². The zero-order valence-electron chi connectivity index (χ0n) is 10.5. The maximum absolute atomic E-state index is 11.8. The molecule has 0 aromatic rings. The number of rotatable bonds is 5. The van der Waals surface area contributed by atoms with Crippen LogP contribution in [-0.2, 0) is 4.79 Å². The Morgan fingerprint density at radius 3 is 2.69 bits per heavy atom. The minimum atomic E-state index is 0.0492. The molecular weight excluding hydrogens is 202 g/mol. The smallest absolute Gasteiger partial charge is 0.224 e. The standard InChI is InChI=1S/C12H25N3O/c1-15(2)9-5-8-14-12(16)10-6-3-4-7-11(10)13/h10-11H,3-9,13H2,1-2H3,(H,14,16). The van der Waals surface area contributed by atoms with Crippen LogP contribution in [0.2, 0.25) is 0 Å². The molecule has 0 spiro atoms. The monoisotopic (exact) mass is 227 g/mol. The van der Waals surface area contributed by atoms with E-state index in [1.54, 1.807) is 0 Å². The summed E-state index contributed by atoms with van der Waals surface area (Å²) in [6.07, 6.45) is 5.27. The van der Waals surface area contributed by atoms with Gasteiger partial charge in [0, 0.05) is 12.6 Å². The molecule has 0 bridgehead atoms. The fourth-order valence-corrected chi connectivity index (χ4v) is 2.22. The van der Waals surface area contributed by atoms with Crippen molar-refractivity contribution in [3.8, 4) is 0 Å². The summed E-state index contributed by atoms with van der Waals surface area (Å²) in [6, 6.07) is 0.0719. The van der Waals surface area contributed by atoms with Crippen LogP contribution >= 0.6 is 0 Å². The summed E-state index contributed by atoms with van der Waals surface area (Å²) >= 11 is 0. The molecule has 1 saturated carbocycles. The number of nitrogens with two attached hydrogens (primary N) is 1. The van der Waals surface area contributed by atoms with Crippen LogP contribution in [-0.4, -0.2) is 44.0 Å². The molecule has 1 aliphatic carbocycles. The number of hydrogen-bond donors (Lipinski definition) is 2. The predicted octanol–water partition coefficient (Wildman–Crippen LogP) is 0.572. The van der Waals surface area contributed by atoms with Gasteiger partial charge in [-0.3, -0.25) is 4.79 Å². The maximum atomic E-state index is 11.8. The molecule has 94 valence electrons. The molecule has 1 aliphatic rings.